The number of carboxylic acids is 1. The molecule has 0 saturated carbocycles. The van der Waals surface area contributed by atoms with Crippen LogP contribution in [0, 0.1) is 0 Å². The van der Waals surface area contributed by atoms with Crippen LogP contribution in [0.2, 0.25) is 0 Å². The van der Waals surface area contributed by atoms with Crippen LogP contribution in [-0.2, 0) is 14.8 Å². The third-order valence-electron chi connectivity index (χ3n) is 3.07. The standard InChI is InChI=1S/C13H18N2O5S/c1-13(2)8-15(3)10-6-9(4-5-11(10)20-13)21(18,19)14-7-12(16)17/h4-6,14H,7-8H2,1-3H3,(H,16,17). The summed E-state index contributed by atoms with van der Waals surface area (Å²) in [4.78, 5) is 12.4. The Hall–Kier alpha value is -1.80. The summed E-state index contributed by atoms with van der Waals surface area (Å²) >= 11 is 0. The van der Waals surface area contributed by atoms with Crippen molar-refractivity contribution < 1.29 is 23.1 Å². The van der Waals surface area contributed by atoms with E-state index in [1.165, 1.54) is 12.1 Å². The second-order valence-corrected chi connectivity index (χ2v) is 7.33. The van der Waals surface area contributed by atoms with Crippen LogP contribution in [0.5, 0.6) is 5.75 Å². The van der Waals surface area contributed by atoms with Crippen molar-refractivity contribution in [3.63, 3.8) is 0 Å². The molecule has 0 aromatic heterocycles. The fraction of sp³-hybridized carbons (Fsp3) is 0.462. The number of nitrogens with one attached hydrogen (secondary N) is 1. The number of fused-ring (bicyclic) bond motifs is 1. The lowest BCUT2D eigenvalue weighted by molar-refractivity contribution is -0.135. The highest BCUT2D eigenvalue weighted by Gasteiger charge is 2.31. The third kappa shape index (κ3) is 3.45. The largest absolute Gasteiger partial charge is 0.484 e. The number of benzene rings is 1. The smallest absolute Gasteiger partial charge is 0.318 e. The van der Waals surface area contributed by atoms with Gasteiger partial charge in [0.25, 0.3) is 0 Å². The molecule has 0 aliphatic carbocycles. The Morgan fingerprint density at radius 2 is 2.14 bits per heavy atom. The maximum Gasteiger partial charge on any atom is 0.318 e. The van der Waals surface area contributed by atoms with Gasteiger partial charge < -0.3 is 14.7 Å². The molecule has 2 rings (SSSR count). The lowest BCUT2D eigenvalue weighted by Gasteiger charge is -2.39. The molecule has 0 saturated heterocycles. The summed E-state index contributed by atoms with van der Waals surface area (Å²) in [6, 6.07) is 4.47. The van der Waals surface area contributed by atoms with E-state index in [1.54, 1.807) is 6.07 Å². The number of nitrogens with zero attached hydrogens (tertiary/aromatic N) is 1. The van der Waals surface area contributed by atoms with E-state index < -0.39 is 22.5 Å². The molecule has 1 heterocycles. The van der Waals surface area contributed by atoms with E-state index in [4.69, 9.17) is 9.84 Å². The quantitative estimate of drug-likeness (QED) is 0.847. The zero-order chi connectivity index (χ0) is 15.8. The minimum atomic E-state index is -3.85. The van der Waals surface area contributed by atoms with Crippen LogP contribution < -0.4 is 14.4 Å². The van der Waals surface area contributed by atoms with Crippen LogP contribution in [0.15, 0.2) is 23.1 Å². The molecule has 2 N–H and O–H groups in total. The number of ether oxygens (including phenoxy) is 1. The van der Waals surface area contributed by atoms with E-state index in [0.29, 0.717) is 18.0 Å². The van der Waals surface area contributed by atoms with Gasteiger partial charge in [0.15, 0.2) is 0 Å². The summed E-state index contributed by atoms with van der Waals surface area (Å²) in [6.07, 6.45) is 0. The Morgan fingerprint density at radius 3 is 2.76 bits per heavy atom. The van der Waals surface area contributed by atoms with E-state index in [-0.39, 0.29) is 10.5 Å². The predicted molar refractivity (Wildman–Crippen MR) is 77.2 cm³/mol. The van der Waals surface area contributed by atoms with Gasteiger partial charge >= 0.3 is 5.97 Å². The van der Waals surface area contributed by atoms with Crippen LogP contribution in [-0.4, -0.2) is 45.2 Å². The Bertz CT molecular complexity index is 669. The average molecular weight is 314 g/mol. The Morgan fingerprint density at radius 1 is 1.48 bits per heavy atom. The molecule has 0 amide bonds. The highest BCUT2D eigenvalue weighted by molar-refractivity contribution is 7.89. The SMILES string of the molecule is CN1CC(C)(C)Oc2ccc(S(=O)(=O)NCC(=O)O)cc21. The molecule has 1 aromatic carbocycles. The molecule has 0 atom stereocenters. The van der Waals surface area contributed by atoms with Gasteiger partial charge in [-0.15, -0.1) is 0 Å². The number of carboxylic acid groups (broad SMARTS) is 1. The number of rotatable bonds is 4. The molecule has 1 aromatic rings. The maximum atomic E-state index is 12.0. The molecule has 21 heavy (non-hydrogen) atoms. The Balaban J connectivity index is 2.34. The van der Waals surface area contributed by atoms with Gasteiger partial charge in [-0.2, -0.15) is 4.72 Å². The normalized spacial score (nSPS) is 17.0. The van der Waals surface area contributed by atoms with Crippen molar-refractivity contribution >= 4 is 21.7 Å². The van der Waals surface area contributed by atoms with Crippen LogP contribution in [0.4, 0.5) is 5.69 Å². The van der Waals surface area contributed by atoms with E-state index in [1.807, 2.05) is 30.5 Å². The van der Waals surface area contributed by atoms with Crippen molar-refractivity contribution in [2.45, 2.75) is 24.3 Å². The highest BCUT2D eigenvalue weighted by atomic mass is 32.2. The van der Waals surface area contributed by atoms with Crippen molar-refractivity contribution in [2.75, 3.05) is 25.0 Å². The Labute approximate surface area is 123 Å². The number of likely N-dealkylation sites (N-methyl/N-ethyl adjacent to an activating group) is 1. The zero-order valence-electron chi connectivity index (χ0n) is 12.1. The average Bonchev–Trinajstić information content (AvgIpc) is 2.34. The lowest BCUT2D eigenvalue weighted by Crippen LogP contribution is -2.45. The van der Waals surface area contributed by atoms with Crippen LogP contribution in [0.25, 0.3) is 0 Å². The van der Waals surface area contributed by atoms with Crippen LogP contribution in [0.1, 0.15) is 13.8 Å². The topological polar surface area (TPSA) is 95.9 Å². The van der Waals surface area contributed by atoms with Gasteiger partial charge in [-0.3, -0.25) is 4.79 Å². The summed E-state index contributed by atoms with van der Waals surface area (Å²) in [5, 5.41) is 8.56. The van der Waals surface area contributed by atoms with Gasteiger partial charge in [0.1, 0.15) is 17.9 Å². The minimum Gasteiger partial charge on any atom is -0.484 e. The van der Waals surface area contributed by atoms with Gasteiger partial charge in [-0.05, 0) is 32.0 Å². The predicted octanol–water partition coefficient (Wildman–Crippen LogP) is 0.657. The van der Waals surface area contributed by atoms with E-state index in [0.717, 1.165) is 0 Å². The van der Waals surface area contributed by atoms with Gasteiger partial charge in [0.05, 0.1) is 17.1 Å². The maximum absolute atomic E-state index is 12.0. The molecule has 7 nitrogen and oxygen atoms in total. The molecular weight excluding hydrogens is 296 g/mol. The molecule has 0 unspecified atom stereocenters. The molecule has 0 spiro atoms. The van der Waals surface area contributed by atoms with Crippen molar-refractivity contribution in [1.29, 1.82) is 0 Å². The number of anilines is 1. The van der Waals surface area contributed by atoms with Crippen molar-refractivity contribution in [3.05, 3.63) is 18.2 Å². The first kappa shape index (κ1) is 15.6. The second-order valence-electron chi connectivity index (χ2n) is 5.57. The summed E-state index contributed by atoms with van der Waals surface area (Å²) in [7, 11) is -2.00. The van der Waals surface area contributed by atoms with Crippen LogP contribution >= 0.6 is 0 Å². The minimum absolute atomic E-state index is 0.0117. The van der Waals surface area contributed by atoms with Crippen molar-refractivity contribution in [2.24, 2.45) is 0 Å². The fourth-order valence-electron chi connectivity index (χ4n) is 2.28. The summed E-state index contributed by atoms with van der Waals surface area (Å²) < 4.78 is 31.9. The first-order valence-corrected chi connectivity index (χ1v) is 7.85. The third-order valence-corrected chi connectivity index (χ3v) is 4.47. The summed E-state index contributed by atoms with van der Waals surface area (Å²) in [6.45, 7) is 3.86. The monoisotopic (exact) mass is 314 g/mol. The number of hydrogen-bond donors (Lipinski definition) is 2. The molecule has 8 heteroatoms. The van der Waals surface area contributed by atoms with E-state index in [9.17, 15) is 13.2 Å². The van der Waals surface area contributed by atoms with Crippen molar-refractivity contribution in [3.8, 4) is 5.75 Å². The second kappa shape index (κ2) is 5.19. The van der Waals surface area contributed by atoms with E-state index in [2.05, 4.69) is 0 Å². The van der Waals surface area contributed by atoms with Gasteiger partial charge in [-0.1, -0.05) is 0 Å². The molecule has 0 bridgehead atoms. The van der Waals surface area contributed by atoms with Crippen molar-refractivity contribution in [1.82, 2.24) is 4.72 Å². The van der Waals surface area contributed by atoms with Gasteiger partial charge in [0.2, 0.25) is 10.0 Å². The molecule has 1 aliphatic rings. The number of sulfonamides is 1. The molecule has 0 fully saturated rings. The number of carbonyl (C=O) groups is 1. The fourth-order valence-corrected chi connectivity index (χ4v) is 3.27. The number of aliphatic carboxylic acids is 1. The van der Waals surface area contributed by atoms with Gasteiger partial charge in [-0.25, -0.2) is 8.42 Å². The summed E-state index contributed by atoms with van der Waals surface area (Å²) in [5.41, 5.74) is 0.302. The van der Waals surface area contributed by atoms with Gasteiger partial charge in [0, 0.05) is 7.05 Å². The van der Waals surface area contributed by atoms with Crippen LogP contribution in [0.3, 0.4) is 0 Å². The first-order chi connectivity index (χ1) is 9.61. The zero-order valence-corrected chi connectivity index (χ0v) is 12.9. The molecule has 116 valence electrons. The number of hydrogen-bond acceptors (Lipinski definition) is 5. The van der Waals surface area contributed by atoms with E-state index >= 15 is 0 Å². The molecular formula is C13H18N2O5S. The summed E-state index contributed by atoms with van der Waals surface area (Å²) in [5.74, 6) is -0.635. The molecule has 0 radical (unpaired) electrons. The highest BCUT2D eigenvalue weighted by Crippen LogP contribution is 2.37. The lowest BCUT2D eigenvalue weighted by atomic mass is 10.1. The Kier molecular flexibility index (Phi) is 3.85. The first-order valence-electron chi connectivity index (χ1n) is 6.36. The molecule has 1 aliphatic heterocycles.